The number of amides is 2. The molecule has 3 aromatic carbocycles. The van der Waals surface area contributed by atoms with E-state index in [1.807, 2.05) is 37.3 Å². The van der Waals surface area contributed by atoms with Crippen LogP contribution in [0.25, 0.3) is 0 Å². The van der Waals surface area contributed by atoms with Crippen molar-refractivity contribution in [2.24, 2.45) is 0 Å². The highest BCUT2D eigenvalue weighted by atomic mass is 35.5. The standard InChI is InChI=1S/C23H21Cl2N3O2/c1-15(16-5-3-2-4-6-16)27-23(30)17-7-9-18(10-8-17)26-14-22(29)28-19-11-12-20(24)21(25)13-19/h2-13,15,26H,14H2,1H3,(H,27,30)(H,28,29). The van der Waals surface area contributed by atoms with Gasteiger partial charge in [-0.3, -0.25) is 9.59 Å². The quantitative estimate of drug-likeness (QED) is 0.450. The van der Waals surface area contributed by atoms with E-state index in [-0.39, 0.29) is 24.4 Å². The number of halogens is 2. The maximum absolute atomic E-state index is 12.4. The third-order valence-corrected chi connectivity index (χ3v) is 5.19. The van der Waals surface area contributed by atoms with Gasteiger partial charge in [-0.05, 0) is 55.0 Å². The Morgan fingerprint density at radius 1 is 0.867 bits per heavy atom. The predicted molar refractivity (Wildman–Crippen MR) is 122 cm³/mol. The van der Waals surface area contributed by atoms with Gasteiger partial charge in [-0.25, -0.2) is 0 Å². The third-order valence-electron chi connectivity index (χ3n) is 4.45. The van der Waals surface area contributed by atoms with Crippen LogP contribution in [0.2, 0.25) is 10.0 Å². The molecule has 0 aliphatic heterocycles. The Morgan fingerprint density at radius 2 is 1.53 bits per heavy atom. The zero-order valence-corrected chi connectivity index (χ0v) is 17.8. The molecule has 30 heavy (non-hydrogen) atoms. The first-order chi connectivity index (χ1) is 14.4. The third kappa shape index (κ3) is 5.99. The topological polar surface area (TPSA) is 70.2 Å². The van der Waals surface area contributed by atoms with E-state index >= 15 is 0 Å². The Labute approximate surface area is 185 Å². The molecule has 0 radical (unpaired) electrons. The van der Waals surface area contributed by atoms with Gasteiger partial charge in [0.2, 0.25) is 5.91 Å². The number of hydrogen-bond donors (Lipinski definition) is 3. The van der Waals surface area contributed by atoms with Gasteiger partial charge in [0.1, 0.15) is 0 Å². The fourth-order valence-electron chi connectivity index (χ4n) is 2.81. The van der Waals surface area contributed by atoms with Gasteiger partial charge in [0, 0.05) is 16.9 Å². The summed E-state index contributed by atoms with van der Waals surface area (Å²) in [4.78, 5) is 24.5. The Morgan fingerprint density at radius 3 is 2.20 bits per heavy atom. The number of anilines is 2. The number of nitrogens with one attached hydrogen (secondary N) is 3. The van der Waals surface area contributed by atoms with Crippen molar-refractivity contribution in [2.45, 2.75) is 13.0 Å². The summed E-state index contributed by atoms with van der Waals surface area (Å²) in [5.74, 6) is -0.387. The van der Waals surface area contributed by atoms with E-state index in [0.717, 1.165) is 11.3 Å². The molecule has 0 aliphatic rings. The zero-order valence-electron chi connectivity index (χ0n) is 16.3. The lowest BCUT2D eigenvalue weighted by atomic mass is 10.1. The second-order valence-corrected chi connectivity index (χ2v) is 7.53. The minimum Gasteiger partial charge on any atom is -0.376 e. The van der Waals surface area contributed by atoms with E-state index in [0.29, 0.717) is 21.3 Å². The van der Waals surface area contributed by atoms with Crippen molar-refractivity contribution >= 4 is 46.4 Å². The van der Waals surface area contributed by atoms with Gasteiger partial charge >= 0.3 is 0 Å². The van der Waals surface area contributed by atoms with Crippen LogP contribution in [0, 0.1) is 0 Å². The van der Waals surface area contributed by atoms with Gasteiger partial charge in [-0.2, -0.15) is 0 Å². The lowest BCUT2D eigenvalue weighted by Crippen LogP contribution is -2.26. The maximum Gasteiger partial charge on any atom is 0.251 e. The average Bonchev–Trinajstić information content (AvgIpc) is 2.76. The largest absolute Gasteiger partial charge is 0.376 e. The predicted octanol–water partition coefficient (Wildman–Crippen LogP) is 5.54. The summed E-state index contributed by atoms with van der Waals surface area (Å²) in [6.07, 6.45) is 0. The number of benzene rings is 3. The molecule has 0 spiro atoms. The zero-order chi connectivity index (χ0) is 21.5. The molecule has 0 heterocycles. The first-order valence-electron chi connectivity index (χ1n) is 9.37. The van der Waals surface area contributed by atoms with Crippen LogP contribution in [-0.2, 0) is 4.79 Å². The molecule has 3 N–H and O–H groups in total. The highest BCUT2D eigenvalue weighted by Crippen LogP contribution is 2.25. The Bertz CT molecular complexity index is 1020. The molecule has 1 unspecified atom stereocenters. The lowest BCUT2D eigenvalue weighted by Gasteiger charge is -2.14. The molecule has 0 saturated carbocycles. The van der Waals surface area contributed by atoms with Crippen molar-refractivity contribution in [3.05, 3.63) is 94.0 Å². The molecule has 154 valence electrons. The summed E-state index contributed by atoms with van der Waals surface area (Å²) >= 11 is 11.8. The fourth-order valence-corrected chi connectivity index (χ4v) is 3.10. The molecule has 0 saturated heterocycles. The van der Waals surface area contributed by atoms with Crippen molar-refractivity contribution in [3.8, 4) is 0 Å². The molecular formula is C23H21Cl2N3O2. The van der Waals surface area contributed by atoms with E-state index in [1.165, 1.54) is 0 Å². The normalized spacial score (nSPS) is 11.4. The summed E-state index contributed by atoms with van der Waals surface area (Å²) in [6, 6.07) is 21.5. The fraction of sp³-hybridized carbons (Fsp3) is 0.130. The Balaban J connectivity index is 1.50. The number of rotatable bonds is 7. The molecule has 0 fully saturated rings. The number of carbonyl (C=O) groups is 2. The molecule has 2 amide bonds. The van der Waals surface area contributed by atoms with Gasteiger partial charge in [-0.15, -0.1) is 0 Å². The SMILES string of the molecule is CC(NC(=O)c1ccc(NCC(=O)Nc2ccc(Cl)c(Cl)c2)cc1)c1ccccc1. The van der Waals surface area contributed by atoms with E-state index in [4.69, 9.17) is 23.2 Å². The maximum atomic E-state index is 12.4. The van der Waals surface area contributed by atoms with Crippen LogP contribution < -0.4 is 16.0 Å². The van der Waals surface area contributed by atoms with Crippen LogP contribution in [0.5, 0.6) is 0 Å². The Kier molecular flexibility index (Phi) is 7.33. The average molecular weight is 442 g/mol. The van der Waals surface area contributed by atoms with Crippen LogP contribution >= 0.6 is 23.2 Å². The molecule has 3 aromatic rings. The molecule has 0 aliphatic carbocycles. The van der Waals surface area contributed by atoms with Gasteiger partial charge in [-0.1, -0.05) is 53.5 Å². The first-order valence-corrected chi connectivity index (χ1v) is 10.1. The summed E-state index contributed by atoms with van der Waals surface area (Å²) in [7, 11) is 0. The van der Waals surface area contributed by atoms with Gasteiger partial charge in [0.05, 0.1) is 22.6 Å². The number of carbonyl (C=O) groups excluding carboxylic acids is 2. The summed E-state index contributed by atoms with van der Waals surface area (Å²) in [5.41, 5.74) is 2.88. The molecule has 7 heteroatoms. The highest BCUT2D eigenvalue weighted by molar-refractivity contribution is 6.42. The van der Waals surface area contributed by atoms with Crippen molar-refractivity contribution in [3.63, 3.8) is 0 Å². The van der Waals surface area contributed by atoms with Gasteiger partial charge in [0.15, 0.2) is 0 Å². The van der Waals surface area contributed by atoms with E-state index in [9.17, 15) is 9.59 Å². The molecule has 0 bridgehead atoms. The molecule has 0 aromatic heterocycles. The van der Waals surface area contributed by atoms with Crippen LogP contribution in [0.15, 0.2) is 72.8 Å². The second-order valence-electron chi connectivity index (χ2n) is 6.71. The van der Waals surface area contributed by atoms with E-state index in [1.54, 1.807) is 42.5 Å². The van der Waals surface area contributed by atoms with Crippen LogP contribution in [0.3, 0.4) is 0 Å². The minimum atomic E-state index is -0.230. The Hall–Kier alpha value is -3.02. The van der Waals surface area contributed by atoms with Gasteiger partial charge in [0.25, 0.3) is 5.91 Å². The van der Waals surface area contributed by atoms with Crippen LogP contribution in [0.1, 0.15) is 28.9 Å². The minimum absolute atomic E-state index is 0.0663. The smallest absolute Gasteiger partial charge is 0.251 e. The molecule has 5 nitrogen and oxygen atoms in total. The lowest BCUT2D eigenvalue weighted by molar-refractivity contribution is -0.114. The summed E-state index contributed by atoms with van der Waals surface area (Å²) in [6.45, 7) is 2.01. The van der Waals surface area contributed by atoms with Crippen LogP contribution in [-0.4, -0.2) is 18.4 Å². The van der Waals surface area contributed by atoms with Crippen LogP contribution in [0.4, 0.5) is 11.4 Å². The highest BCUT2D eigenvalue weighted by Gasteiger charge is 2.11. The molecule has 1 atom stereocenters. The van der Waals surface area contributed by atoms with Gasteiger partial charge < -0.3 is 16.0 Å². The number of hydrogen-bond acceptors (Lipinski definition) is 3. The summed E-state index contributed by atoms with van der Waals surface area (Å²) < 4.78 is 0. The second kappa shape index (κ2) is 10.1. The molecule has 3 rings (SSSR count). The van der Waals surface area contributed by atoms with Crippen molar-refractivity contribution in [1.82, 2.24) is 5.32 Å². The first kappa shape index (κ1) is 21.7. The molecular weight excluding hydrogens is 421 g/mol. The van der Waals surface area contributed by atoms with Crippen molar-refractivity contribution in [1.29, 1.82) is 0 Å². The summed E-state index contributed by atoms with van der Waals surface area (Å²) in [5, 5.41) is 9.53. The van der Waals surface area contributed by atoms with E-state index in [2.05, 4.69) is 16.0 Å². The van der Waals surface area contributed by atoms with Crippen molar-refractivity contribution < 1.29 is 9.59 Å². The monoisotopic (exact) mass is 441 g/mol. The van der Waals surface area contributed by atoms with E-state index < -0.39 is 0 Å². The van der Waals surface area contributed by atoms with Crippen molar-refractivity contribution in [2.75, 3.05) is 17.2 Å².